The van der Waals surface area contributed by atoms with Gasteiger partial charge in [-0.3, -0.25) is 25.4 Å². The summed E-state index contributed by atoms with van der Waals surface area (Å²) in [6.07, 6.45) is 4.73. The summed E-state index contributed by atoms with van der Waals surface area (Å²) in [5.74, 6) is 0.650. The summed E-state index contributed by atoms with van der Waals surface area (Å²) < 4.78 is 0. The summed E-state index contributed by atoms with van der Waals surface area (Å²) in [4.78, 5) is 28.5. The number of nitrogens with zero attached hydrogens (tertiary/aromatic N) is 2. The molecule has 1 aliphatic carbocycles. The number of nitrogens with one attached hydrogen (secondary N) is 3. The predicted molar refractivity (Wildman–Crippen MR) is 100 cm³/mol. The number of carbonyl (C=O) groups excluding carboxylic acids is 2. The van der Waals surface area contributed by atoms with Gasteiger partial charge in [-0.15, -0.1) is 0 Å². The Morgan fingerprint density at radius 3 is 2.88 bits per heavy atom. The molecule has 0 spiro atoms. The van der Waals surface area contributed by atoms with Crippen LogP contribution in [0.4, 0.5) is 0 Å². The van der Waals surface area contributed by atoms with Gasteiger partial charge in [0.15, 0.2) is 0 Å². The van der Waals surface area contributed by atoms with Gasteiger partial charge in [0.05, 0.1) is 6.42 Å². The Morgan fingerprint density at radius 2 is 2.12 bits per heavy atom. The molecule has 1 aromatic rings. The van der Waals surface area contributed by atoms with Gasteiger partial charge in [-0.05, 0) is 37.2 Å². The number of aliphatic imine (C=N–C) groups is 1. The number of hydrogen-bond acceptors (Lipinski definition) is 5. The second-order valence-corrected chi connectivity index (χ2v) is 6.99. The Labute approximate surface area is 153 Å². The third-order valence-corrected chi connectivity index (χ3v) is 4.62. The lowest BCUT2D eigenvalue weighted by molar-refractivity contribution is -0.128. The second-order valence-electron chi connectivity index (χ2n) is 6.99. The van der Waals surface area contributed by atoms with Crippen molar-refractivity contribution in [2.24, 2.45) is 16.0 Å². The molecule has 1 aromatic carbocycles. The molecule has 1 heterocycles. The van der Waals surface area contributed by atoms with Crippen LogP contribution in [0.5, 0.6) is 0 Å². The molecule has 2 atom stereocenters. The van der Waals surface area contributed by atoms with Crippen molar-refractivity contribution in [3.05, 3.63) is 35.9 Å². The third-order valence-electron chi connectivity index (χ3n) is 4.62. The number of amides is 2. The maximum Gasteiger partial charge on any atom is 0.263 e. The van der Waals surface area contributed by atoms with Gasteiger partial charge < -0.3 is 0 Å². The Morgan fingerprint density at radius 1 is 1.31 bits per heavy atom. The van der Waals surface area contributed by atoms with E-state index in [1.165, 1.54) is 6.42 Å². The van der Waals surface area contributed by atoms with Crippen LogP contribution in [0.2, 0.25) is 0 Å². The predicted octanol–water partition coefficient (Wildman–Crippen LogP) is 1.70. The lowest BCUT2D eigenvalue weighted by atomic mass is 9.89. The van der Waals surface area contributed by atoms with Crippen LogP contribution in [-0.2, 0) is 16.0 Å². The molecule has 1 saturated carbocycles. The zero-order valence-electron chi connectivity index (χ0n) is 15.0. The van der Waals surface area contributed by atoms with E-state index in [0.29, 0.717) is 18.2 Å². The van der Waals surface area contributed by atoms with Crippen LogP contribution >= 0.6 is 0 Å². The highest BCUT2D eigenvalue weighted by Crippen LogP contribution is 2.20. The summed E-state index contributed by atoms with van der Waals surface area (Å²) in [6, 6.07) is 9.10. The lowest BCUT2D eigenvalue weighted by Gasteiger charge is -2.22. The van der Waals surface area contributed by atoms with Crippen molar-refractivity contribution in [3.8, 4) is 0 Å². The number of hydrazine groups is 1. The average Bonchev–Trinajstić information content (AvgIpc) is 2.64. The van der Waals surface area contributed by atoms with E-state index in [4.69, 9.17) is 0 Å². The van der Waals surface area contributed by atoms with Crippen molar-refractivity contribution in [2.45, 2.75) is 51.5 Å². The topological polar surface area (TPSA) is 94.9 Å². The van der Waals surface area contributed by atoms with Gasteiger partial charge in [0, 0.05) is 12.1 Å². The smallest absolute Gasteiger partial charge is 0.263 e. The molecule has 26 heavy (non-hydrogen) atoms. The number of rotatable bonds is 5. The fourth-order valence-corrected chi connectivity index (χ4v) is 3.24. The van der Waals surface area contributed by atoms with Crippen LogP contribution in [0.15, 0.2) is 40.4 Å². The van der Waals surface area contributed by atoms with Crippen LogP contribution in [0.1, 0.15) is 44.6 Å². The second kappa shape index (κ2) is 8.60. The first-order valence-corrected chi connectivity index (χ1v) is 9.11. The normalized spacial score (nSPS) is 24.4. The summed E-state index contributed by atoms with van der Waals surface area (Å²) in [5.41, 5.74) is 10.1. The first kappa shape index (κ1) is 18.1. The highest BCUT2D eigenvalue weighted by molar-refractivity contribution is 5.97. The first-order chi connectivity index (χ1) is 12.6. The van der Waals surface area contributed by atoms with Gasteiger partial charge >= 0.3 is 0 Å². The quantitative estimate of drug-likeness (QED) is 0.702. The Kier molecular flexibility index (Phi) is 5.99. The van der Waals surface area contributed by atoms with E-state index in [9.17, 15) is 9.59 Å². The fraction of sp³-hybridized carbons (Fsp3) is 0.474. The van der Waals surface area contributed by atoms with E-state index in [2.05, 4.69) is 33.3 Å². The minimum absolute atomic E-state index is 0.0157. The molecule has 1 aliphatic heterocycles. The zero-order valence-corrected chi connectivity index (χ0v) is 15.0. The fourth-order valence-electron chi connectivity index (χ4n) is 3.24. The van der Waals surface area contributed by atoms with Crippen LogP contribution in [0, 0.1) is 5.92 Å². The van der Waals surface area contributed by atoms with Crippen LogP contribution in [0.3, 0.4) is 0 Å². The van der Waals surface area contributed by atoms with E-state index in [-0.39, 0.29) is 18.2 Å². The number of amidine groups is 1. The molecule has 0 unspecified atom stereocenters. The number of carbonyl (C=O) groups is 2. The molecule has 7 heteroatoms. The molecular formula is C19H25N5O2. The zero-order chi connectivity index (χ0) is 18.4. The number of hydrazone groups is 1. The molecule has 0 aromatic heterocycles. The maximum atomic E-state index is 12.2. The molecule has 2 aliphatic rings. The van der Waals surface area contributed by atoms with E-state index in [1.807, 2.05) is 30.3 Å². The van der Waals surface area contributed by atoms with Crippen LogP contribution in [-0.4, -0.2) is 29.4 Å². The van der Waals surface area contributed by atoms with Gasteiger partial charge in [0.2, 0.25) is 5.91 Å². The van der Waals surface area contributed by atoms with Gasteiger partial charge in [-0.1, -0.05) is 37.3 Å². The van der Waals surface area contributed by atoms with Crippen molar-refractivity contribution in [1.82, 2.24) is 16.3 Å². The molecule has 3 rings (SSSR count). The van der Waals surface area contributed by atoms with Gasteiger partial charge in [0.25, 0.3) is 5.91 Å². The van der Waals surface area contributed by atoms with Gasteiger partial charge in [0.1, 0.15) is 11.9 Å². The third kappa shape index (κ3) is 5.15. The average molecular weight is 355 g/mol. The van der Waals surface area contributed by atoms with Crippen molar-refractivity contribution in [2.75, 3.05) is 0 Å². The summed E-state index contributed by atoms with van der Waals surface area (Å²) in [7, 11) is 0. The standard InChI is InChI=1S/C19H25N5O2/c1-13-6-5-9-15(10-13)21-23-18(25)12-16-19(26)24-22-17(20-16)11-14-7-3-2-4-8-14/h2-4,7-8,13,16H,5-6,9-12H2,1H3,(H,20,22)(H,23,25)(H,24,26)/t13-,16-/m1/s1. The first-order valence-electron chi connectivity index (χ1n) is 9.11. The number of benzene rings is 1. The minimum Gasteiger partial charge on any atom is -0.285 e. The molecule has 3 N–H and O–H groups in total. The SMILES string of the molecule is C[C@@H]1CCCC(=NNC(=O)C[C@H]2N=C(Cc3ccccc3)NNC2=O)C1. The molecule has 7 nitrogen and oxygen atoms in total. The molecule has 1 fully saturated rings. The molecular weight excluding hydrogens is 330 g/mol. The molecule has 0 bridgehead atoms. The van der Waals surface area contributed by atoms with E-state index >= 15 is 0 Å². The Bertz CT molecular complexity index is 714. The Hall–Kier alpha value is -2.70. The lowest BCUT2D eigenvalue weighted by Crippen LogP contribution is -2.52. The number of hydrogen-bond donors (Lipinski definition) is 3. The van der Waals surface area contributed by atoms with E-state index < -0.39 is 6.04 Å². The molecule has 2 amide bonds. The Balaban J connectivity index is 1.56. The van der Waals surface area contributed by atoms with Crippen molar-refractivity contribution < 1.29 is 9.59 Å². The summed E-state index contributed by atoms with van der Waals surface area (Å²) in [5, 5.41) is 4.23. The van der Waals surface area contributed by atoms with Crippen molar-refractivity contribution in [1.29, 1.82) is 0 Å². The molecule has 138 valence electrons. The highest BCUT2D eigenvalue weighted by Gasteiger charge is 2.26. The van der Waals surface area contributed by atoms with Crippen LogP contribution < -0.4 is 16.3 Å². The van der Waals surface area contributed by atoms with Crippen LogP contribution in [0.25, 0.3) is 0 Å². The summed E-state index contributed by atoms with van der Waals surface area (Å²) in [6.45, 7) is 2.19. The van der Waals surface area contributed by atoms with Gasteiger partial charge in [-0.25, -0.2) is 5.43 Å². The van der Waals surface area contributed by atoms with Crippen molar-refractivity contribution >= 4 is 23.4 Å². The van der Waals surface area contributed by atoms with E-state index in [1.54, 1.807) is 0 Å². The van der Waals surface area contributed by atoms with Gasteiger partial charge in [-0.2, -0.15) is 5.10 Å². The molecule has 0 radical (unpaired) electrons. The summed E-state index contributed by atoms with van der Waals surface area (Å²) >= 11 is 0. The minimum atomic E-state index is -0.736. The maximum absolute atomic E-state index is 12.2. The van der Waals surface area contributed by atoms with E-state index in [0.717, 1.165) is 30.5 Å². The monoisotopic (exact) mass is 355 g/mol. The van der Waals surface area contributed by atoms with Crippen molar-refractivity contribution in [3.63, 3.8) is 0 Å². The largest absolute Gasteiger partial charge is 0.285 e. The highest BCUT2D eigenvalue weighted by atomic mass is 16.2. The molecule has 0 saturated heterocycles.